The van der Waals surface area contributed by atoms with E-state index in [1.807, 2.05) is 13.8 Å². The molecular formula is C29H40Cl2N4Zr-2. The zero-order valence-corrected chi connectivity index (χ0v) is 27.3. The number of hydrogen-bond acceptors (Lipinski definition) is 4. The fourth-order valence-corrected chi connectivity index (χ4v) is 3.97. The molecule has 0 aliphatic carbocycles. The van der Waals surface area contributed by atoms with Crippen LogP contribution in [-0.2, 0) is 18.9 Å². The molecule has 4 aromatic rings. The third kappa shape index (κ3) is 7.60. The van der Waals surface area contributed by atoms with Gasteiger partial charge in [0.25, 0.3) is 0 Å². The van der Waals surface area contributed by atoms with Crippen LogP contribution in [0.1, 0.15) is 13.8 Å². The average Bonchev–Trinajstić information content (AvgIpc) is 3.48. The van der Waals surface area contributed by atoms with Crippen molar-refractivity contribution in [3.63, 3.8) is 0 Å². The summed E-state index contributed by atoms with van der Waals surface area (Å²) in [6, 6.07) is 21.7. The van der Waals surface area contributed by atoms with Crippen molar-refractivity contribution in [3.05, 3.63) is 60.7 Å². The second-order valence-corrected chi connectivity index (χ2v) is 19.1. The number of benzene rings is 2. The number of hydrogen-bond donors (Lipinski definition) is 0. The Morgan fingerprint density at radius 1 is 0.556 bits per heavy atom. The molecule has 0 saturated heterocycles. The molecule has 0 atom stereocenters. The Hall–Kier alpha value is -1.81. The van der Waals surface area contributed by atoms with Crippen molar-refractivity contribution in [2.24, 2.45) is 0 Å². The van der Waals surface area contributed by atoms with E-state index in [1.165, 1.54) is 47.5 Å². The minimum absolute atomic E-state index is 1.24. The summed E-state index contributed by atoms with van der Waals surface area (Å²) in [6.07, 6.45) is 0. The van der Waals surface area contributed by atoms with Gasteiger partial charge < -0.3 is 19.6 Å². The van der Waals surface area contributed by atoms with Crippen molar-refractivity contribution in [1.82, 2.24) is 0 Å². The number of anilines is 4. The van der Waals surface area contributed by atoms with Crippen LogP contribution in [0.25, 0.3) is 21.5 Å². The minimum atomic E-state index is -1.84. The molecule has 0 aliphatic heterocycles. The summed E-state index contributed by atoms with van der Waals surface area (Å²) in [6.45, 7) is 3.96. The summed E-state index contributed by atoms with van der Waals surface area (Å²) >= 11 is -1.84. The Bertz CT molecular complexity index is 1110. The Balaban J connectivity index is 0.000000208. The summed E-state index contributed by atoms with van der Waals surface area (Å²) in [7, 11) is 27.7. The molecule has 36 heavy (non-hydrogen) atoms. The van der Waals surface area contributed by atoms with Gasteiger partial charge in [-0.2, -0.15) is 24.3 Å². The zero-order valence-electron chi connectivity index (χ0n) is 23.3. The van der Waals surface area contributed by atoms with Crippen LogP contribution >= 0.6 is 17.0 Å². The van der Waals surface area contributed by atoms with Crippen LogP contribution in [0.2, 0.25) is 0 Å². The van der Waals surface area contributed by atoms with Crippen LogP contribution < -0.4 is 19.6 Å². The van der Waals surface area contributed by atoms with Crippen LogP contribution in [-0.4, -0.2) is 59.6 Å². The van der Waals surface area contributed by atoms with Crippen molar-refractivity contribution in [2.75, 3.05) is 76.0 Å². The first kappa shape index (κ1) is 30.4. The predicted octanol–water partition coefficient (Wildman–Crippen LogP) is 7.51. The van der Waals surface area contributed by atoms with Crippen molar-refractivity contribution < 1.29 is 18.9 Å². The first-order chi connectivity index (χ1) is 16.9. The second kappa shape index (κ2) is 13.7. The number of halogens is 2. The van der Waals surface area contributed by atoms with E-state index in [4.69, 9.17) is 17.0 Å². The van der Waals surface area contributed by atoms with Gasteiger partial charge in [-0.1, -0.05) is 24.3 Å². The van der Waals surface area contributed by atoms with Gasteiger partial charge in [-0.3, -0.25) is 0 Å². The van der Waals surface area contributed by atoms with Gasteiger partial charge in [0.15, 0.2) is 0 Å². The first-order valence-electron chi connectivity index (χ1n) is 11.9. The molecule has 7 heteroatoms. The molecule has 0 amide bonds. The SMILES string of the molecule is CN(C)c1ccc(N(C)C)c2[cH-]ccc12.CN(C)c1ccc(N(C)C)c2[cH-]ccc12.C[C](C)=[Zr]([Cl])[Cl]. The maximum absolute atomic E-state index is 5.54. The summed E-state index contributed by atoms with van der Waals surface area (Å²) in [5.74, 6) is 0. The third-order valence-electron chi connectivity index (χ3n) is 5.84. The third-order valence-corrected chi connectivity index (χ3v) is 12.2. The van der Waals surface area contributed by atoms with Crippen LogP contribution in [0.5, 0.6) is 0 Å². The Morgan fingerprint density at radius 2 is 0.833 bits per heavy atom. The van der Waals surface area contributed by atoms with E-state index in [0.29, 0.717) is 0 Å². The number of rotatable bonds is 4. The van der Waals surface area contributed by atoms with E-state index in [0.717, 1.165) is 0 Å². The van der Waals surface area contributed by atoms with E-state index in [1.54, 1.807) is 0 Å². The molecule has 0 fully saturated rings. The molecule has 4 rings (SSSR count). The predicted molar refractivity (Wildman–Crippen MR) is 164 cm³/mol. The van der Waals surface area contributed by atoms with E-state index >= 15 is 0 Å². The van der Waals surface area contributed by atoms with E-state index in [9.17, 15) is 0 Å². The Morgan fingerprint density at radius 3 is 1.08 bits per heavy atom. The van der Waals surface area contributed by atoms with Gasteiger partial charge in [0.2, 0.25) is 0 Å². The first-order valence-corrected chi connectivity index (χ1v) is 19.5. The molecule has 0 spiro atoms. The molecule has 0 bridgehead atoms. The van der Waals surface area contributed by atoms with Crippen LogP contribution in [0.15, 0.2) is 60.7 Å². The summed E-state index contributed by atoms with van der Waals surface area (Å²) in [5.41, 5.74) is 5.11. The Kier molecular flexibility index (Phi) is 11.5. The van der Waals surface area contributed by atoms with E-state index in [-0.39, 0.29) is 0 Å². The van der Waals surface area contributed by atoms with Gasteiger partial charge in [-0.15, -0.1) is 33.7 Å². The number of nitrogens with zero attached hydrogens (tertiary/aromatic N) is 4. The zero-order chi connectivity index (χ0) is 27.2. The fourth-order valence-electron chi connectivity index (χ4n) is 3.97. The molecule has 0 heterocycles. The molecule has 0 radical (unpaired) electrons. The molecular weight excluding hydrogens is 566 g/mol. The van der Waals surface area contributed by atoms with Crippen LogP contribution in [0, 0.1) is 0 Å². The van der Waals surface area contributed by atoms with Gasteiger partial charge in [0.1, 0.15) is 0 Å². The van der Waals surface area contributed by atoms with Crippen LogP contribution in [0.3, 0.4) is 0 Å². The summed E-state index contributed by atoms with van der Waals surface area (Å²) < 4.78 is 1.24. The molecule has 4 nitrogen and oxygen atoms in total. The van der Waals surface area contributed by atoms with Crippen molar-refractivity contribution in [2.45, 2.75) is 13.8 Å². The van der Waals surface area contributed by atoms with E-state index in [2.05, 4.69) is 137 Å². The fraction of sp³-hybridized carbons (Fsp3) is 0.345. The molecule has 4 aromatic carbocycles. The van der Waals surface area contributed by atoms with Gasteiger partial charge in [-0.05, 0) is 50.9 Å². The molecule has 0 N–H and O–H groups in total. The maximum atomic E-state index is 5.54. The summed E-state index contributed by atoms with van der Waals surface area (Å²) in [4.78, 5) is 8.62. The van der Waals surface area contributed by atoms with Crippen molar-refractivity contribution in [1.29, 1.82) is 0 Å². The molecule has 0 aromatic heterocycles. The quantitative estimate of drug-likeness (QED) is 0.223. The van der Waals surface area contributed by atoms with Gasteiger partial charge in [-0.25, -0.2) is 0 Å². The molecule has 196 valence electrons. The van der Waals surface area contributed by atoms with Crippen molar-refractivity contribution in [3.8, 4) is 0 Å². The Labute approximate surface area is 232 Å². The van der Waals surface area contributed by atoms with Gasteiger partial charge in [0, 0.05) is 28.2 Å². The van der Waals surface area contributed by atoms with Gasteiger partial charge >= 0.3 is 53.0 Å². The van der Waals surface area contributed by atoms with Crippen LogP contribution in [0.4, 0.5) is 22.7 Å². The molecule has 0 unspecified atom stereocenters. The van der Waals surface area contributed by atoms with Crippen molar-refractivity contribution >= 4 is 64.5 Å². The summed E-state index contributed by atoms with van der Waals surface area (Å²) in [5, 5.41) is 5.30. The molecule has 0 aliphatic rings. The average molecular weight is 607 g/mol. The van der Waals surface area contributed by atoms with E-state index < -0.39 is 18.9 Å². The second-order valence-electron chi connectivity index (χ2n) is 9.75. The number of fused-ring (bicyclic) bond motifs is 2. The standard InChI is InChI=1S/2C13H17N2.C3H6.2ClH.Zr/c2*1-14(2)12-8-9-13(15(3)4)11-7-5-6-10(11)12;1-3-2;;;/h2*5-9H,1-4H3;1-2H3;2*1H;/q2*-1;;;;+2/p-2. The molecule has 0 saturated carbocycles. The normalized spacial score (nSPS) is 10.2. The topological polar surface area (TPSA) is 13.0 Å². The monoisotopic (exact) mass is 604 g/mol. The van der Waals surface area contributed by atoms with Gasteiger partial charge in [0.05, 0.1) is 0 Å².